The van der Waals surface area contributed by atoms with E-state index in [4.69, 9.17) is 18.9 Å². The van der Waals surface area contributed by atoms with Gasteiger partial charge < -0.3 is 18.9 Å². The summed E-state index contributed by atoms with van der Waals surface area (Å²) >= 11 is 0. The highest BCUT2D eigenvalue weighted by molar-refractivity contribution is 5.35. The Morgan fingerprint density at radius 2 is 1.29 bits per heavy atom. The SMILES string of the molecule is CCCOc1ccc(OCC2CCC(C3CCC(C4OCCO4)CC3)CC2)c(F)c1F. The summed E-state index contributed by atoms with van der Waals surface area (Å²) in [7, 11) is 0. The van der Waals surface area contributed by atoms with Crippen molar-refractivity contribution in [1.29, 1.82) is 0 Å². The van der Waals surface area contributed by atoms with E-state index in [9.17, 15) is 8.78 Å². The second kappa shape index (κ2) is 11.0. The van der Waals surface area contributed by atoms with E-state index in [1.165, 1.54) is 50.7 Å². The van der Waals surface area contributed by atoms with E-state index in [0.29, 0.717) is 25.0 Å². The molecule has 3 aliphatic rings. The molecule has 3 fully saturated rings. The summed E-state index contributed by atoms with van der Waals surface area (Å²) in [4.78, 5) is 0. The van der Waals surface area contributed by atoms with Gasteiger partial charge in [0.1, 0.15) is 0 Å². The van der Waals surface area contributed by atoms with Crippen LogP contribution in [-0.2, 0) is 9.47 Å². The van der Waals surface area contributed by atoms with Crippen LogP contribution in [0.5, 0.6) is 11.5 Å². The first-order valence-corrected chi connectivity index (χ1v) is 12.1. The van der Waals surface area contributed by atoms with Gasteiger partial charge in [0.25, 0.3) is 0 Å². The molecule has 0 bridgehead atoms. The molecule has 1 aromatic rings. The molecule has 0 amide bonds. The maximum absolute atomic E-state index is 14.3. The molecule has 6 heteroatoms. The summed E-state index contributed by atoms with van der Waals surface area (Å²) in [6, 6.07) is 2.93. The molecule has 4 rings (SSSR count). The third kappa shape index (κ3) is 5.70. The normalized spacial score (nSPS) is 29.8. The predicted molar refractivity (Wildman–Crippen MR) is 114 cm³/mol. The molecule has 1 heterocycles. The minimum Gasteiger partial charge on any atom is -0.490 e. The molecular formula is C25H36F2O4. The molecule has 0 spiro atoms. The molecule has 1 aliphatic heterocycles. The monoisotopic (exact) mass is 438 g/mol. The molecular weight excluding hydrogens is 402 g/mol. The minimum atomic E-state index is -0.960. The fourth-order valence-electron chi connectivity index (χ4n) is 5.52. The number of hydrogen-bond acceptors (Lipinski definition) is 4. The van der Waals surface area contributed by atoms with E-state index < -0.39 is 11.6 Å². The van der Waals surface area contributed by atoms with E-state index in [2.05, 4.69) is 0 Å². The molecule has 31 heavy (non-hydrogen) atoms. The second-order valence-corrected chi connectivity index (χ2v) is 9.41. The smallest absolute Gasteiger partial charge is 0.204 e. The Hall–Kier alpha value is -1.40. The number of ether oxygens (including phenoxy) is 4. The highest BCUT2D eigenvalue weighted by atomic mass is 19.2. The van der Waals surface area contributed by atoms with Gasteiger partial charge in [-0.15, -0.1) is 0 Å². The van der Waals surface area contributed by atoms with Crippen LogP contribution in [0.15, 0.2) is 12.1 Å². The molecule has 0 aromatic heterocycles. The lowest BCUT2D eigenvalue weighted by molar-refractivity contribution is -0.0973. The van der Waals surface area contributed by atoms with Gasteiger partial charge in [0.05, 0.1) is 26.4 Å². The average Bonchev–Trinajstić information content (AvgIpc) is 3.35. The van der Waals surface area contributed by atoms with Crippen molar-refractivity contribution in [3.63, 3.8) is 0 Å². The van der Waals surface area contributed by atoms with Crippen molar-refractivity contribution < 1.29 is 27.7 Å². The summed E-state index contributed by atoms with van der Waals surface area (Å²) < 4.78 is 50.7. The largest absolute Gasteiger partial charge is 0.490 e. The van der Waals surface area contributed by atoms with Gasteiger partial charge in [-0.3, -0.25) is 0 Å². The van der Waals surface area contributed by atoms with E-state index >= 15 is 0 Å². The summed E-state index contributed by atoms with van der Waals surface area (Å²) in [5.74, 6) is 0.594. The van der Waals surface area contributed by atoms with E-state index in [1.54, 1.807) is 0 Å². The van der Waals surface area contributed by atoms with Crippen LogP contribution in [0.1, 0.15) is 64.7 Å². The van der Waals surface area contributed by atoms with E-state index in [-0.39, 0.29) is 17.8 Å². The first-order valence-electron chi connectivity index (χ1n) is 12.1. The van der Waals surface area contributed by atoms with Crippen molar-refractivity contribution >= 4 is 0 Å². The predicted octanol–water partition coefficient (Wildman–Crippen LogP) is 6.12. The van der Waals surface area contributed by atoms with Crippen LogP contribution in [-0.4, -0.2) is 32.7 Å². The quantitative estimate of drug-likeness (QED) is 0.490. The van der Waals surface area contributed by atoms with Crippen molar-refractivity contribution in [2.45, 2.75) is 71.0 Å². The van der Waals surface area contributed by atoms with E-state index in [0.717, 1.165) is 44.3 Å². The van der Waals surface area contributed by atoms with Crippen LogP contribution >= 0.6 is 0 Å². The molecule has 4 nitrogen and oxygen atoms in total. The molecule has 174 valence electrons. The van der Waals surface area contributed by atoms with Crippen LogP contribution < -0.4 is 9.47 Å². The first-order chi connectivity index (χ1) is 15.2. The topological polar surface area (TPSA) is 36.9 Å². The summed E-state index contributed by atoms with van der Waals surface area (Å²) in [6.45, 7) is 4.21. The third-order valence-electron chi connectivity index (χ3n) is 7.35. The Morgan fingerprint density at radius 1 is 0.774 bits per heavy atom. The van der Waals surface area contributed by atoms with Crippen molar-refractivity contribution in [3.8, 4) is 11.5 Å². The van der Waals surface area contributed by atoms with Gasteiger partial charge in [0.2, 0.25) is 11.6 Å². The summed E-state index contributed by atoms with van der Waals surface area (Å²) in [5, 5.41) is 0. The van der Waals surface area contributed by atoms with Crippen LogP contribution in [0.3, 0.4) is 0 Å². The van der Waals surface area contributed by atoms with Crippen LogP contribution in [0.25, 0.3) is 0 Å². The van der Waals surface area contributed by atoms with Crippen LogP contribution in [0.4, 0.5) is 8.78 Å². The molecule has 1 saturated heterocycles. The van der Waals surface area contributed by atoms with Gasteiger partial charge in [0.15, 0.2) is 17.8 Å². The third-order valence-corrected chi connectivity index (χ3v) is 7.35. The molecule has 0 unspecified atom stereocenters. The lowest BCUT2D eigenvalue weighted by atomic mass is 9.69. The van der Waals surface area contributed by atoms with Crippen molar-refractivity contribution in [2.75, 3.05) is 26.4 Å². The highest BCUT2D eigenvalue weighted by Crippen LogP contribution is 2.43. The van der Waals surface area contributed by atoms with Crippen molar-refractivity contribution in [1.82, 2.24) is 0 Å². The first kappa shape index (κ1) is 22.8. The fourth-order valence-corrected chi connectivity index (χ4v) is 5.52. The van der Waals surface area contributed by atoms with Crippen LogP contribution in [0.2, 0.25) is 0 Å². The molecule has 0 radical (unpaired) electrons. The van der Waals surface area contributed by atoms with E-state index in [1.807, 2.05) is 6.92 Å². The summed E-state index contributed by atoms with van der Waals surface area (Å²) in [5.41, 5.74) is 0. The molecule has 0 atom stereocenters. The Labute approximate surface area is 184 Å². The van der Waals surface area contributed by atoms with Gasteiger partial charge in [-0.05, 0) is 87.7 Å². The number of halogens is 2. The second-order valence-electron chi connectivity index (χ2n) is 9.41. The standard InChI is InChI=1S/C25H36F2O4/c1-2-13-28-21-11-12-22(24(27)23(21)26)31-16-17-3-5-18(6-4-17)19-7-9-20(10-8-19)25-29-14-15-30-25/h11-12,17-20,25H,2-10,13-16H2,1H3. The Bertz CT molecular complexity index is 691. The maximum atomic E-state index is 14.3. The number of hydrogen-bond donors (Lipinski definition) is 0. The van der Waals surface area contributed by atoms with Gasteiger partial charge in [-0.2, -0.15) is 8.78 Å². The summed E-state index contributed by atoms with van der Waals surface area (Å²) in [6.07, 6.45) is 10.4. The maximum Gasteiger partial charge on any atom is 0.204 e. The van der Waals surface area contributed by atoms with Gasteiger partial charge in [-0.1, -0.05) is 6.92 Å². The zero-order valence-corrected chi connectivity index (χ0v) is 18.6. The van der Waals surface area contributed by atoms with Gasteiger partial charge >= 0.3 is 0 Å². The Balaban J connectivity index is 1.19. The Kier molecular flexibility index (Phi) is 8.05. The molecule has 2 aliphatic carbocycles. The molecule has 0 N–H and O–H groups in total. The van der Waals surface area contributed by atoms with Crippen LogP contribution in [0, 0.1) is 35.3 Å². The minimum absolute atomic E-state index is 0.0156. The zero-order chi connectivity index (χ0) is 21.6. The fraction of sp³-hybridized carbons (Fsp3) is 0.760. The number of benzene rings is 1. The van der Waals surface area contributed by atoms with Gasteiger partial charge in [-0.25, -0.2) is 0 Å². The van der Waals surface area contributed by atoms with Gasteiger partial charge in [0, 0.05) is 5.92 Å². The van der Waals surface area contributed by atoms with Crippen molar-refractivity contribution in [2.24, 2.45) is 23.7 Å². The van der Waals surface area contributed by atoms with Crippen molar-refractivity contribution in [3.05, 3.63) is 23.8 Å². The Morgan fingerprint density at radius 3 is 1.87 bits per heavy atom. The molecule has 2 saturated carbocycles. The lowest BCUT2D eigenvalue weighted by Gasteiger charge is -2.38. The lowest BCUT2D eigenvalue weighted by Crippen LogP contribution is -2.31. The zero-order valence-electron chi connectivity index (χ0n) is 18.6. The number of rotatable bonds is 8. The average molecular weight is 439 g/mol. The highest BCUT2D eigenvalue weighted by Gasteiger charge is 2.35. The molecule has 1 aromatic carbocycles.